The van der Waals surface area contributed by atoms with E-state index in [0.29, 0.717) is 58.1 Å². The van der Waals surface area contributed by atoms with Crippen molar-refractivity contribution in [3.63, 3.8) is 0 Å². The Morgan fingerprint density at radius 1 is 1.07 bits per heavy atom. The number of nitrogens with one attached hydrogen (secondary N) is 3. The van der Waals surface area contributed by atoms with Crippen LogP contribution in [0.2, 0.25) is 5.02 Å². The number of pyridine rings is 1. The van der Waals surface area contributed by atoms with Gasteiger partial charge in [-0.25, -0.2) is 4.79 Å². The van der Waals surface area contributed by atoms with E-state index in [1.165, 1.54) is 41.9 Å². The maximum atomic E-state index is 13.6. The van der Waals surface area contributed by atoms with Gasteiger partial charge in [-0.15, -0.1) is 22.7 Å². The summed E-state index contributed by atoms with van der Waals surface area (Å²) < 4.78 is 11.7. The summed E-state index contributed by atoms with van der Waals surface area (Å²) in [4.78, 5) is 44.2. The Labute approximate surface area is 331 Å². The van der Waals surface area contributed by atoms with E-state index in [2.05, 4.69) is 20.5 Å². The van der Waals surface area contributed by atoms with Gasteiger partial charge in [0, 0.05) is 49.1 Å². The lowest BCUT2D eigenvalue weighted by atomic mass is 9.82. The van der Waals surface area contributed by atoms with Crippen LogP contribution in [0.15, 0.2) is 76.2 Å². The quantitative estimate of drug-likeness (QED) is 0.0661. The molecule has 3 aromatic heterocycles. The lowest BCUT2D eigenvalue weighted by Gasteiger charge is -2.41. The number of phenols is 1. The summed E-state index contributed by atoms with van der Waals surface area (Å²) in [7, 11) is 3.48. The molecule has 5 aromatic rings. The number of aromatic nitrogens is 1. The van der Waals surface area contributed by atoms with Crippen LogP contribution in [0, 0.1) is 0 Å². The van der Waals surface area contributed by atoms with Gasteiger partial charge in [-0.2, -0.15) is 0 Å². The van der Waals surface area contributed by atoms with Gasteiger partial charge >= 0.3 is 5.97 Å². The number of aromatic hydroxyl groups is 1. The summed E-state index contributed by atoms with van der Waals surface area (Å²) in [5.74, 6) is -0.564. The molecular formula is C40H45ClN4O8S2. The molecule has 12 nitrogen and oxygen atoms in total. The first-order valence-corrected chi connectivity index (χ1v) is 20.1. The minimum absolute atomic E-state index is 0.0834. The molecule has 15 heteroatoms. The van der Waals surface area contributed by atoms with Crippen LogP contribution in [0.25, 0.3) is 10.9 Å². The van der Waals surface area contributed by atoms with Gasteiger partial charge in [0.05, 0.1) is 34.2 Å². The molecule has 2 aromatic carbocycles. The molecule has 0 spiro atoms. The summed E-state index contributed by atoms with van der Waals surface area (Å²) in [6, 6.07) is 16.8. The molecule has 1 aliphatic carbocycles. The number of aliphatic hydroxyl groups excluding tert-OH is 1. The zero-order chi connectivity index (χ0) is 39.3. The van der Waals surface area contributed by atoms with Crippen LogP contribution in [0.1, 0.15) is 66.0 Å². The molecule has 0 saturated heterocycles. The van der Waals surface area contributed by atoms with Crippen LogP contribution in [0.4, 0.5) is 5.69 Å². The fourth-order valence-electron chi connectivity index (χ4n) is 7.07. The van der Waals surface area contributed by atoms with Gasteiger partial charge in [-0.05, 0) is 86.3 Å². The van der Waals surface area contributed by atoms with Gasteiger partial charge in [-0.1, -0.05) is 35.9 Å². The number of phenolic OH excluding ortho intramolecular Hbond substituents is 1. The van der Waals surface area contributed by atoms with Crippen molar-refractivity contribution in [3.05, 3.63) is 108 Å². The highest BCUT2D eigenvalue weighted by Gasteiger charge is 2.47. The van der Waals surface area contributed by atoms with Crippen LogP contribution >= 0.6 is 34.3 Å². The SMILES string of the molecule is COc1c(CNC[C@H](O)c2ccc(O)c3[nH]c(=O)ccc23)ccc(NC(=O)CCN(C)[C@H]2CC[C@](C)(OC(=O)C(O)(c3cccs3)c3cccs3)CC2)c1Cl. The lowest BCUT2D eigenvalue weighted by molar-refractivity contribution is -0.180. The van der Waals surface area contributed by atoms with Crippen molar-refractivity contribution in [2.24, 2.45) is 0 Å². The van der Waals surface area contributed by atoms with Gasteiger partial charge in [0.2, 0.25) is 17.1 Å². The Hall–Kier alpha value is -4.28. The van der Waals surface area contributed by atoms with Gasteiger partial charge < -0.3 is 45.3 Å². The molecule has 3 heterocycles. The van der Waals surface area contributed by atoms with Crippen LogP contribution < -0.4 is 20.9 Å². The van der Waals surface area contributed by atoms with Crippen molar-refractivity contribution in [1.82, 2.24) is 15.2 Å². The number of halogens is 1. The lowest BCUT2D eigenvalue weighted by Crippen LogP contribution is -2.47. The summed E-state index contributed by atoms with van der Waals surface area (Å²) in [5.41, 5.74) is -0.997. The molecule has 292 valence electrons. The number of thiophene rings is 2. The van der Waals surface area contributed by atoms with Crippen molar-refractivity contribution in [2.45, 2.75) is 68.9 Å². The van der Waals surface area contributed by atoms with E-state index in [0.717, 1.165) is 18.4 Å². The van der Waals surface area contributed by atoms with Crippen molar-refractivity contribution in [1.29, 1.82) is 0 Å². The molecule has 6 rings (SSSR count). The highest BCUT2D eigenvalue weighted by Crippen LogP contribution is 2.41. The van der Waals surface area contributed by atoms with Gasteiger partial charge in [0.25, 0.3) is 0 Å². The van der Waals surface area contributed by atoms with Crippen LogP contribution in [-0.2, 0) is 26.5 Å². The van der Waals surface area contributed by atoms with Crippen molar-refractivity contribution < 1.29 is 34.4 Å². The maximum absolute atomic E-state index is 13.6. The number of amides is 1. The number of esters is 1. The number of aromatic amines is 1. The molecule has 0 aliphatic heterocycles. The van der Waals surface area contributed by atoms with E-state index in [9.17, 15) is 29.7 Å². The molecule has 0 bridgehead atoms. The Kier molecular flexibility index (Phi) is 12.7. The first kappa shape index (κ1) is 40.4. The molecule has 1 saturated carbocycles. The number of benzene rings is 2. The fourth-order valence-corrected chi connectivity index (χ4v) is 9.10. The molecule has 0 unspecified atom stereocenters. The number of aliphatic hydroxyl groups is 2. The van der Waals surface area contributed by atoms with Crippen LogP contribution in [-0.4, -0.2) is 76.0 Å². The molecule has 55 heavy (non-hydrogen) atoms. The number of carbonyl (C=O) groups excluding carboxylic acids is 2. The van der Waals surface area contributed by atoms with E-state index in [4.69, 9.17) is 21.1 Å². The zero-order valence-corrected chi connectivity index (χ0v) is 33.2. The minimum Gasteiger partial charge on any atom is -0.506 e. The smallest absolute Gasteiger partial charge is 0.349 e. The molecule has 1 fully saturated rings. The van der Waals surface area contributed by atoms with Crippen LogP contribution in [0.5, 0.6) is 11.5 Å². The normalized spacial score (nSPS) is 18.0. The number of H-pyrrole nitrogens is 1. The number of hydrogen-bond donors (Lipinski definition) is 6. The third kappa shape index (κ3) is 8.91. The monoisotopic (exact) mass is 808 g/mol. The molecule has 6 N–H and O–H groups in total. The maximum Gasteiger partial charge on any atom is 0.349 e. The Morgan fingerprint density at radius 3 is 2.40 bits per heavy atom. The molecule has 1 amide bonds. The van der Waals surface area contributed by atoms with Crippen molar-refractivity contribution in [2.75, 3.05) is 32.6 Å². The number of anilines is 1. The second-order valence-electron chi connectivity index (χ2n) is 14.1. The number of fused-ring (bicyclic) bond motifs is 1. The molecular weight excluding hydrogens is 764 g/mol. The average molecular weight is 809 g/mol. The Bertz CT molecular complexity index is 2130. The largest absolute Gasteiger partial charge is 0.506 e. The van der Waals surface area contributed by atoms with E-state index >= 15 is 0 Å². The number of carbonyl (C=O) groups is 2. The van der Waals surface area contributed by atoms with Gasteiger partial charge in [-0.3, -0.25) is 9.59 Å². The van der Waals surface area contributed by atoms with E-state index < -0.39 is 23.3 Å². The van der Waals surface area contributed by atoms with Crippen LogP contribution in [0.3, 0.4) is 0 Å². The van der Waals surface area contributed by atoms with Gasteiger partial charge in [0.1, 0.15) is 22.1 Å². The molecule has 1 aliphatic rings. The predicted molar refractivity (Wildman–Crippen MR) is 215 cm³/mol. The number of rotatable bonds is 15. The second-order valence-corrected chi connectivity index (χ2v) is 16.3. The molecule has 1 atom stereocenters. The standard InChI is InChI=1S/C40H45ClN4O8S2/c1-39(53-38(50)40(51,31-6-4-20-54-31)32-7-5-21-55-32)17-14-25(15-18-39)45(2)19-16-34(49)43-28-11-8-24(37(52-3)35(28)41)22-42-23-30(47)26-9-12-29(46)36-27(26)10-13-33(48)44-36/h4-13,20-21,25,30,42,46-47,51H,14-19,22-23H2,1-3H3,(H,43,49)(H,44,48)/t25-,30-,39-/m0/s1. The van der Waals surface area contributed by atoms with E-state index in [1.54, 1.807) is 48.5 Å². The molecule has 0 radical (unpaired) electrons. The highest BCUT2D eigenvalue weighted by atomic mass is 35.5. The van der Waals surface area contributed by atoms with E-state index in [-0.39, 0.29) is 46.8 Å². The first-order chi connectivity index (χ1) is 26.3. The third-order valence-electron chi connectivity index (χ3n) is 10.3. The highest BCUT2D eigenvalue weighted by molar-refractivity contribution is 7.12. The zero-order valence-electron chi connectivity index (χ0n) is 30.8. The Morgan fingerprint density at radius 2 is 1.76 bits per heavy atom. The average Bonchev–Trinajstić information content (AvgIpc) is 3.92. The number of ether oxygens (including phenoxy) is 2. The topological polar surface area (TPSA) is 173 Å². The van der Waals surface area contributed by atoms with Crippen molar-refractivity contribution >= 4 is 62.7 Å². The summed E-state index contributed by atoms with van der Waals surface area (Å²) in [5, 5.41) is 43.3. The predicted octanol–water partition coefficient (Wildman–Crippen LogP) is 6.28. The number of nitrogens with zero attached hydrogens (tertiary/aromatic N) is 1. The summed E-state index contributed by atoms with van der Waals surface area (Å²) in [6.07, 6.45) is 2.06. The number of methoxy groups -OCH3 is 1. The Balaban J connectivity index is 0.980. The fraction of sp³-hybridized carbons (Fsp3) is 0.375. The third-order valence-corrected chi connectivity index (χ3v) is 12.6. The number of hydrogen-bond acceptors (Lipinski definition) is 12. The summed E-state index contributed by atoms with van der Waals surface area (Å²) >= 11 is 9.32. The first-order valence-electron chi connectivity index (χ1n) is 18.0. The minimum atomic E-state index is -1.85. The van der Waals surface area contributed by atoms with E-state index in [1.807, 2.05) is 24.7 Å². The summed E-state index contributed by atoms with van der Waals surface area (Å²) in [6.45, 7) is 2.89. The van der Waals surface area contributed by atoms with Crippen molar-refractivity contribution in [3.8, 4) is 11.5 Å². The van der Waals surface area contributed by atoms with Gasteiger partial charge in [0.15, 0.2) is 0 Å². The second kappa shape index (κ2) is 17.2.